The quantitative estimate of drug-likeness (QED) is 0.501. The maximum absolute atomic E-state index is 12.7. The largest absolute Gasteiger partial charge is 0.356 e. The molecule has 166 valence electrons. The number of hydrogen-bond donors (Lipinski definition) is 1. The van der Waals surface area contributed by atoms with E-state index in [1.54, 1.807) is 11.4 Å². The second-order valence-corrected chi connectivity index (χ2v) is 11.2. The minimum Gasteiger partial charge on any atom is -0.356 e. The first kappa shape index (κ1) is 22.5. The number of likely N-dealkylation sites (tertiary alicyclic amines) is 1. The Bertz CT molecular complexity index is 1100. The number of aryl methyl sites for hydroxylation is 1. The molecule has 0 bridgehead atoms. The zero-order valence-electron chi connectivity index (χ0n) is 17.4. The molecule has 1 N–H and O–H groups in total. The van der Waals surface area contributed by atoms with Gasteiger partial charge in [-0.15, -0.1) is 11.3 Å². The molecule has 0 spiro atoms. The summed E-state index contributed by atoms with van der Waals surface area (Å²) in [5.41, 5.74) is 2.84. The van der Waals surface area contributed by atoms with Gasteiger partial charge in [0.1, 0.15) is 4.21 Å². The van der Waals surface area contributed by atoms with Crippen LogP contribution in [0, 0.1) is 5.92 Å². The molecule has 4 rings (SSSR count). The van der Waals surface area contributed by atoms with Crippen LogP contribution in [0.3, 0.4) is 0 Å². The van der Waals surface area contributed by atoms with E-state index < -0.39 is 10.0 Å². The van der Waals surface area contributed by atoms with E-state index >= 15 is 0 Å². The molecule has 0 saturated carbocycles. The fourth-order valence-electron chi connectivity index (χ4n) is 3.70. The van der Waals surface area contributed by atoms with Crippen molar-refractivity contribution in [3.63, 3.8) is 0 Å². The molecule has 0 atom stereocenters. The number of rotatable bonds is 8. The Labute approximate surface area is 192 Å². The molecule has 1 fully saturated rings. The van der Waals surface area contributed by atoms with Gasteiger partial charge < -0.3 is 4.52 Å². The van der Waals surface area contributed by atoms with Crippen molar-refractivity contribution in [2.75, 3.05) is 19.6 Å². The molecule has 1 aliphatic heterocycles. The molecule has 6 nitrogen and oxygen atoms in total. The summed E-state index contributed by atoms with van der Waals surface area (Å²) in [7, 11) is -3.53. The Hall–Kier alpha value is -1.71. The smallest absolute Gasteiger partial charge is 0.250 e. The molecule has 3 aromatic rings. The van der Waals surface area contributed by atoms with Gasteiger partial charge in [0.2, 0.25) is 10.0 Å². The number of nitrogens with one attached hydrogen (secondary N) is 1. The van der Waals surface area contributed by atoms with Crippen LogP contribution in [0.15, 0.2) is 50.5 Å². The van der Waals surface area contributed by atoms with Gasteiger partial charge in [0.25, 0.3) is 0 Å². The Morgan fingerprint density at radius 1 is 1.23 bits per heavy atom. The van der Waals surface area contributed by atoms with Crippen LogP contribution in [0.4, 0.5) is 0 Å². The summed E-state index contributed by atoms with van der Waals surface area (Å²) in [6.45, 7) is 5.28. The Morgan fingerprint density at radius 2 is 1.97 bits per heavy atom. The van der Waals surface area contributed by atoms with Crippen LogP contribution in [0.5, 0.6) is 0 Å². The summed E-state index contributed by atoms with van der Waals surface area (Å²) < 4.78 is 33.9. The van der Waals surface area contributed by atoms with Gasteiger partial charge in [-0.3, -0.25) is 4.90 Å². The van der Waals surface area contributed by atoms with Crippen molar-refractivity contribution >= 4 is 33.0 Å². The lowest BCUT2D eigenvalue weighted by Crippen LogP contribution is -2.38. The number of piperidine rings is 1. The summed E-state index contributed by atoms with van der Waals surface area (Å²) >= 11 is 7.15. The summed E-state index contributed by atoms with van der Waals surface area (Å²) in [5.74, 6) is 0.944. The Morgan fingerprint density at radius 3 is 2.65 bits per heavy atom. The van der Waals surface area contributed by atoms with Crippen molar-refractivity contribution < 1.29 is 12.9 Å². The molecule has 1 aromatic carbocycles. The van der Waals surface area contributed by atoms with Gasteiger partial charge in [0.15, 0.2) is 5.76 Å². The van der Waals surface area contributed by atoms with Gasteiger partial charge in [-0.1, -0.05) is 35.8 Å². The van der Waals surface area contributed by atoms with E-state index in [0.29, 0.717) is 22.4 Å². The van der Waals surface area contributed by atoms with Gasteiger partial charge in [-0.25, -0.2) is 13.1 Å². The zero-order chi connectivity index (χ0) is 21.8. The second kappa shape index (κ2) is 9.83. The lowest BCUT2D eigenvalue weighted by molar-refractivity contribution is 0.178. The van der Waals surface area contributed by atoms with Crippen LogP contribution in [-0.4, -0.2) is 38.1 Å². The number of benzene rings is 1. The molecule has 1 aliphatic rings. The maximum Gasteiger partial charge on any atom is 0.250 e. The first-order valence-electron chi connectivity index (χ1n) is 10.4. The van der Waals surface area contributed by atoms with Crippen molar-refractivity contribution in [1.82, 2.24) is 14.8 Å². The minimum atomic E-state index is -3.53. The van der Waals surface area contributed by atoms with Gasteiger partial charge in [-0.2, -0.15) is 0 Å². The summed E-state index contributed by atoms with van der Waals surface area (Å²) in [5, 5.41) is 6.52. The predicted octanol–water partition coefficient (Wildman–Crippen LogP) is 4.81. The molecule has 0 radical (unpaired) electrons. The number of thiophene rings is 1. The lowest BCUT2D eigenvalue weighted by Gasteiger charge is -2.32. The molecule has 9 heteroatoms. The molecule has 31 heavy (non-hydrogen) atoms. The average molecular weight is 480 g/mol. The Kier molecular flexibility index (Phi) is 7.13. The highest BCUT2D eigenvalue weighted by Gasteiger charge is 2.23. The number of aromatic nitrogens is 1. The van der Waals surface area contributed by atoms with Crippen molar-refractivity contribution in [2.45, 2.75) is 36.9 Å². The SMILES string of the molecule is CCc1cc(-c2csc(S(=O)(=O)NCC3CCN(Cc4ccc(Cl)cc4)CC3)c2)on1. The van der Waals surface area contributed by atoms with Gasteiger partial charge in [-0.05, 0) is 62.0 Å². The highest BCUT2D eigenvalue weighted by atomic mass is 35.5. The third-order valence-electron chi connectivity index (χ3n) is 5.63. The molecule has 0 unspecified atom stereocenters. The van der Waals surface area contributed by atoms with E-state index in [2.05, 4.69) is 26.9 Å². The molecule has 1 saturated heterocycles. The van der Waals surface area contributed by atoms with Crippen LogP contribution in [0.2, 0.25) is 5.02 Å². The number of nitrogens with zero attached hydrogens (tertiary/aromatic N) is 2. The van der Waals surface area contributed by atoms with E-state index in [4.69, 9.17) is 16.1 Å². The average Bonchev–Trinajstić information content (AvgIpc) is 3.45. The van der Waals surface area contributed by atoms with Crippen LogP contribution >= 0.6 is 22.9 Å². The first-order chi connectivity index (χ1) is 14.9. The minimum absolute atomic E-state index is 0.303. The fourth-order valence-corrected chi connectivity index (χ4v) is 6.15. The van der Waals surface area contributed by atoms with Gasteiger partial charge in [0, 0.05) is 35.1 Å². The van der Waals surface area contributed by atoms with Gasteiger partial charge >= 0.3 is 0 Å². The summed E-state index contributed by atoms with van der Waals surface area (Å²) in [4.78, 5) is 2.40. The molecule has 0 aliphatic carbocycles. The van der Waals surface area contributed by atoms with Crippen LogP contribution < -0.4 is 4.72 Å². The summed E-state index contributed by atoms with van der Waals surface area (Å²) in [6, 6.07) is 11.4. The molecule has 3 heterocycles. The third kappa shape index (κ3) is 5.75. The number of sulfonamides is 1. The zero-order valence-corrected chi connectivity index (χ0v) is 19.8. The third-order valence-corrected chi connectivity index (χ3v) is 8.75. The van der Waals surface area contributed by atoms with Gasteiger partial charge in [0.05, 0.1) is 5.69 Å². The van der Waals surface area contributed by atoms with Crippen molar-refractivity contribution in [2.24, 2.45) is 5.92 Å². The van der Waals surface area contributed by atoms with Crippen LogP contribution in [0.25, 0.3) is 11.3 Å². The molecular weight excluding hydrogens is 454 g/mol. The predicted molar refractivity (Wildman–Crippen MR) is 124 cm³/mol. The van der Waals surface area contributed by atoms with E-state index in [0.717, 1.165) is 55.2 Å². The summed E-state index contributed by atoms with van der Waals surface area (Å²) in [6.07, 6.45) is 2.73. The molecular formula is C22H26ClN3O3S2. The fraction of sp³-hybridized carbons (Fsp3) is 0.409. The Balaban J connectivity index is 1.28. The van der Waals surface area contributed by atoms with E-state index in [-0.39, 0.29) is 0 Å². The highest BCUT2D eigenvalue weighted by Crippen LogP contribution is 2.29. The number of hydrogen-bond acceptors (Lipinski definition) is 6. The van der Waals surface area contributed by atoms with Crippen LogP contribution in [0.1, 0.15) is 31.0 Å². The number of halogens is 1. The molecule has 0 amide bonds. The monoisotopic (exact) mass is 479 g/mol. The van der Waals surface area contributed by atoms with Crippen molar-refractivity contribution in [1.29, 1.82) is 0 Å². The normalized spacial score (nSPS) is 16.1. The van der Waals surface area contributed by atoms with Crippen LogP contribution in [-0.2, 0) is 23.0 Å². The van der Waals surface area contributed by atoms with Crippen molar-refractivity contribution in [3.05, 3.63) is 58.1 Å². The highest BCUT2D eigenvalue weighted by molar-refractivity contribution is 7.91. The second-order valence-electron chi connectivity index (χ2n) is 7.89. The van der Waals surface area contributed by atoms with Crippen molar-refractivity contribution in [3.8, 4) is 11.3 Å². The topological polar surface area (TPSA) is 75.4 Å². The van der Waals surface area contributed by atoms with E-state index in [1.165, 1.54) is 16.9 Å². The van der Waals surface area contributed by atoms with E-state index in [9.17, 15) is 8.42 Å². The molecule has 2 aromatic heterocycles. The lowest BCUT2D eigenvalue weighted by atomic mass is 9.97. The standard InChI is InChI=1S/C22H26ClN3O3S2/c1-2-20-12-21(29-25-20)18-11-22(30-15-18)31(27,28)24-13-16-7-9-26(10-8-16)14-17-3-5-19(23)6-4-17/h3-6,11-12,15-16,24H,2,7-10,13-14H2,1H3. The first-order valence-corrected chi connectivity index (χ1v) is 13.2. The maximum atomic E-state index is 12.7. The van der Waals surface area contributed by atoms with E-state index in [1.807, 2.05) is 25.1 Å².